The van der Waals surface area contributed by atoms with Crippen LogP contribution in [0.15, 0.2) is 35.1 Å². The van der Waals surface area contributed by atoms with E-state index in [1.807, 2.05) is 25.1 Å². The van der Waals surface area contributed by atoms with Gasteiger partial charge in [-0.3, -0.25) is 0 Å². The summed E-state index contributed by atoms with van der Waals surface area (Å²) in [5, 5.41) is 3.97. The molecule has 0 saturated heterocycles. The predicted octanol–water partition coefficient (Wildman–Crippen LogP) is 4.07. The van der Waals surface area contributed by atoms with Crippen molar-refractivity contribution in [2.24, 2.45) is 0 Å². The summed E-state index contributed by atoms with van der Waals surface area (Å²) in [5.41, 5.74) is 1.99. The third-order valence-corrected chi connectivity index (χ3v) is 3.23. The molecular formula is C14H17ClN2O. The van der Waals surface area contributed by atoms with Gasteiger partial charge in [0.25, 0.3) is 0 Å². The number of hydrogen-bond acceptors (Lipinski definition) is 3. The minimum absolute atomic E-state index is 0.359. The van der Waals surface area contributed by atoms with Gasteiger partial charge in [-0.15, -0.1) is 0 Å². The average molecular weight is 265 g/mol. The summed E-state index contributed by atoms with van der Waals surface area (Å²) in [5.74, 6) is 1.02. The fraction of sp³-hybridized carbons (Fsp3) is 0.357. The van der Waals surface area contributed by atoms with E-state index >= 15 is 0 Å². The molecule has 2 heterocycles. The summed E-state index contributed by atoms with van der Waals surface area (Å²) in [6, 6.07) is 6.29. The van der Waals surface area contributed by atoms with Crippen molar-refractivity contribution in [3.8, 4) is 0 Å². The van der Waals surface area contributed by atoms with Gasteiger partial charge in [0.05, 0.1) is 18.1 Å². The molecule has 0 bridgehead atoms. The van der Waals surface area contributed by atoms with Gasteiger partial charge in [-0.2, -0.15) is 0 Å². The second kappa shape index (κ2) is 5.91. The third-order valence-electron chi connectivity index (χ3n) is 2.83. The van der Waals surface area contributed by atoms with Crippen molar-refractivity contribution < 1.29 is 4.42 Å². The fourth-order valence-electron chi connectivity index (χ4n) is 1.81. The first kappa shape index (κ1) is 13.0. The Labute approximate surface area is 112 Å². The van der Waals surface area contributed by atoms with E-state index < -0.39 is 0 Å². The highest BCUT2D eigenvalue weighted by Gasteiger charge is 2.05. The summed E-state index contributed by atoms with van der Waals surface area (Å²) in [6.45, 7) is 4.10. The molecule has 1 atom stereocenters. The predicted molar refractivity (Wildman–Crippen MR) is 74.1 cm³/mol. The Morgan fingerprint density at radius 2 is 2.33 bits per heavy atom. The monoisotopic (exact) mass is 264 g/mol. The molecule has 1 N–H and O–H groups in total. The minimum atomic E-state index is 0.359. The molecule has 0 spiro atoms. The third kappa shape index (κ3) is 3.50. The second-order valence-corrected chi connectivity index (χ2v) is 4.85. The highest BCUT2D eigenvalue weighted by atomic mass is 35.5. The van der Waals surface area contributed by atoms with E-state index in [1.165, 1.54) is 0 Å². The molecule has 1 unspecified atom stereocenters. The molecule has 4 heteroatoms. The maximum atomic E-state index is 5.89. The normalized spacial score (nSPS) is 12.4. The Balaban J connectivity index is 1.86. The van der Waals surface area contributed by atoms with Gasteiger partial charge in [-0.05, 0) is 44.0 Å². The summed E-state index contributed by atoms with van der Waals surface area (Å²) < 4.78 is 5.31. The van der Waals surface area contributed by atoms with Crippen LogP contribution in [0.5, 0.6) is 0 Å². The van der Waals surface area contributed by atoms with E-state index in [-0.39, 0.29) is 0 Å². The smallest absolute Gasteiger partial charge is 0.132 e. The van der Waals surface area contributed by atoms with Crippen LogP contribution >= 0.6 is 11.6 Å². The topological polar surface area (TPSA) is 38.1 Å². The van der Waals surface area contributed by atoms with Gasteiger partial charge >= 0.3 is 0 Å². The minimum Gasteiger partial charge on any atom is -0.469 e. The van der Waals surface area contributed by atoms with Crippen LogP contribution in [0.3, 0.4) is 0 Å². The lowest BCUT2D eigenvalue weighted by Crippen LogP contribution is -2.16. The van der Waals surface area contributed by atoms with E-state index in [9.17, 15) is 0 Å². The van der Waals surface area contributed by atoms with Gasteiger partial charge in [0.2, 0.25) is 0 Å². The van der Waals surface area contributed by atoms with E-state index in [0.717, 1.165) is 29.9 Å². The van der Waals surface area contributed by atoms with E-state index in [4.69, 9.17) is 16.0 Å². The second-order valence-electron chi connectivity index (χ2n) is 4.50. The van der Waals surface area contributed by atoms with Crippen molar-refractivity contribution in [3.05, 3.63) is 47.1 Å². The number of pyridine rings is 1. The Morgan fingerprint density at radius 3 is 3.00 bits per heavy atom. The molecule has 2 rings (SSSR count). The highest BCUT2D eigenvalue weighted by Crippen LogP contribution is 2.17. The Hall–Kier alpha value is -1.48. The van der Waals surface area contributed by atoms with Crippen molar-refractivity contribution in [2.75, 3.05) is 5.32 Å². The maximum Gasteiger partial charge on any atom is 0.132 e. The van der Waals surface area contributed by atoms with Crippen LogP contribution in [0.4, 0.5) is 5.69 Å². The van der Waals surface area contributed by atoms with Gasteiger partial charge in [0.15, 0.2) is 0 Å². The van der Waals surface area contributed by atoms with Crippen LogP contribution in [0, 0.1) is 6.92 Å². The lowest BCUT2D eigenvalue weighted by atomic mass is 10.1. The summed E-state index contributed by atoms with van der Waals surface area (Å²) >= 11 is 5.89. The highest BCUT2D eigenvalue weighted by molar-refractivity contribution is 6.30. The van der Waals surface area contributed by atoms with Crippen molar-refractivity contribution in [1.82, 2.24) is 4.98 Å². The molecule has 2 aromatic heterocycles. The SMILES string of the molecule is Cc1cc(NC(C)CCc2ccco2)cnc1Cl. The molecule has 0 aliphatic rings. The standard InChI is InChI=1S/C14H17ClN2O/c1-10-8-12(9-16-14(10)15)17-11(2)5-6-13-4-3-7-18-13/h3-4,7-9,11,17H,5-6H2,1-2H3. The number of nitrogens with zero attached hydrogens (tertiary/aromatic N) is 1. The first-order valence-corrected chi connectivity index (χ1v) is 6.44. The van der Waals surface area contributed by atoms with Gasteiger partial charge in [0, 0.05) is 12.5 Å². The molecule has 0 amide bonds. The molecule has 18 heavy (non-hydrogen) atoms. The molecule has 2 aromatic rings. The summed E-state index contributed by atoms with van der Waals surface area (Å²) in [7, 11) is 0. The molecule has 0 aromatic carbocycles. The molecular weight excluding hydrogens is 248 g/mol. The van der Waals surface area contributed by atoms with Crippen LogP contribution in [0.25, 0.3) is 0 Å². The van der Waals surface area contributed by atoms with Gasteiger partial charge < -0.3 is 9.73 Å². The molecule has 0 radical (unpaired) electrons. The first-order chi connectivity index (χ1) is 8.65. The zero-order valence-corrected chi connectivity index (χ0v) is 11.4. The quantitative estimate of drug-likeness (QED) is 0.828. The van der Waals surface area contributed by atoms with Crippen LogP contribution in [0.2, 0.25) is 5.15 Å². The maximum absolute atomic E-state index is 5.89. The molecule has 0 aliphatic carbocycles. The van der Waals surface area contributed by atoms with Crippen LogP contribution in [-0.4, -0.2) is 11.0 Å². The summed E-state index contributed by atoms with van der Waals surface area (Å²) in [4.78, 5) is 4.13. The van der Waals surface area contributed by atoms with Gasteiger partial charge in [-0.1, -0.05) is 11.6 Å². The molecule has 96 valence electrons. The molecule has 3 nitrogen and oxygen atoms in total. The zero-order chi connectivity index (χ0) is 13.0. The Kier molecular flexibility index (Phi) is 4.26. The molecule has 0 fully saturated rings. The lowest BCUT2D eigenvalue weighted by molar-refractivity contribution is 0.495. The van der Waals surface area contributed by atoms with Crippen molar-refractivity contribution >= 4 is 17.3 Å². The number of aromatic nitrogens is 1. The number of hydrogen-bond donors (Lipinski definition) is 1. The number of furan rings is 1. The average Bonchev–Trinajstić information content (AvgIpc) is 2.84. The largest absolute Gasteiger partial charge is 0.469 e. The number of aryl methyl sites for hydroxylation is 2. The Morgan fingerprint density at radius 1 is 1.50 bits per heavy atom. The van der Waals surface area contributed by atoms with Crippen molar-refractivity contribution in [2.45, 2.75) is 32.7 Å². The van der Waals surface area contributed by atoms with E-state index in [2.05, 4.69) is 17.2 Å². The number of rotatable bonds is 5. The first-order valence-electron chi connectivity index (χ1n) is 6.06. The fourth-order valence-corrected chi connectivity index (χ4v) is 1.91. The lowest BCUT2D eigenvalue weighted by Gasteiger charge is -2.14. The van der Waals surface area contributed by atoms with Crippen molar-refractivity contribution in [3.63, 3.8) is 0 Å². The van der Waals surface area contributed by atoms with E-state index in [1.54, 1.807) is 12.5 Å². The van der Waals surface area contributed by atoms with Crippen LogP contribution in [-0.2, 0) is 6.42 Å². The van der Waals surface area contributed by atoms with Crippen molar-refractivity contribution in [1.29, 1.82) is 0 Å². The number of anilines is 1. The molecule has 0 aliphatic heterocycles. The number of halogens is 1. The summed E-state index contributed by atoms with van der Waals surface area (Å²) in [6.07, 6.45) is 5.41. The van der Waals surface area contributed by atoms with Crippen LogP contribution in [0.1, 0.15) is 24.7 Å². The van der Waals surface area contributed by atoms with Gasteiger partial charge in [0.1, 0.15) is 10.9 Å². The van der Waals surface area contributed by atoms with Gasteiger partial charge in [-0.25, -0.2) is 4.98 Å². The van der Waals surface area contributed by atoms with E-state index in [0.29, 0.717) is 11.2 Å². The zero-order valence-electron chi connectivity index (χ0n) is 10.6. The number of nitrogens with one attached hydrogen (secondary N) is 1. The van der Waals surface area contributed by atoms with Crippen LogP contribution < -0.4 is 5.32 Å². The molecule has 0 saturated carbocycles. The Bertz CT molecular complexity index is 497.